The van der Waals surface area contributed by atoms with E-state index in [1.807, 2.05) is 5.38 Å². The van der Waals surface area contributed by atoms with E-state index in [2.05, 4.69) is 10.3 Å². The van der Waals surface area contributed by atoms with Gasteiger partial charge in [0.25, 0.3) is 5.91 Å². The summed E-state index contributed by atoms with van der Waals surface area (Å²) in [6.45, 7) is 0.439. The first-order chi connectivity index (χ1) is 7.75. The van der Waals surface area contributed by atoms with Crippen LogP contribution < -0.4 is 5.32 Å². The second-order valence-corrected chi connectivity index (χ2v) is 4.33. The van der Waals surface area contributed by atoms with Gasteiger partial charge in [-0.2, -0.15) is 0 Å². The van der Waals surface area contributed by atoms with Crippen molar-refractivity contribution < 1.29 is 4.79 Å². The minimum Gasteiger partial charge on any atom is -0.346 e. The molecule has 82 valence electrons. The lowest BCUT2D eigenvalue weighted by molar-refractivity contribution is 0.0950. The van der Waals surface area contributed by atoms with Crippen molar-refractivity contribution in [3.8, 4) is 0 Å². The number of carbonyl (C=O) groups excluding carboxylic acids is 1. The van der Waals surface area contributed by atoms with E-state index < -0.39 is 0 Å². The van der Waals surface area contributed by atoms with Crippen molar-refractivity contribution in [2.75, 3.05) is 0 Å². The molecule has 0 spiro atoms. The summed E-state index contributed by atoms with van der Waals surface area (Å²) in [4.78, 5) is 15.8. The van der Waals surface area contributed by atoms with E-state index in [0.717, 1.165) is 5.69 Å². The molecule has 0 unspecified atom stereocenters. The van der Waals surface area contributed by atoms with Crippen LogP contribution in [-0.2, 0) is 6.54 Å². The second-order valence-electron chi connectivity index (χ2n) is 3.17. The SMILES string of the molecule is O=C(NCc1cscn1)c1cccc(Cl)c1. The Hall–Kier alpha value is -1.39. The molecule has 2 rings (SSSR count). The molecule has 2 aromatic rings. The summed E-state index contributed by atoms with van der Waals surface area (Å²) in [7, 11) is 0. The van der Waals surface area contributed by atoms with Gasteiger partial charge in [0, 0.05) is 16.0 Å². The fourth-order valence-corrected chi connectivity index (χ4v) is 1.98. The molecule has 5 heteroatoms. The summed E-state index contributed by atoms with van der Waals surface area (Å²) in [5.41, 5.74) is 3.16. The van der Waals surface area contributed by atoms with Crippen LogP contribution in [0.3, 0.4) is 0 Å². The predicted octanol–water partition coefficient (Wildman–Crippen LogP) is 2.73. The van der Waals surface area contributed by atoms with Gasteiger partial charge in [0.1, 0.15) is 0 Å². The number of thiazole rings is 1. The first-order valence-electron chi connectivity index (χ1n) is 4.66. The van der Waals surface area contributed by atoms with Crippen molar-refractivity contribution in [1.82, 2.24) is 10.3 Å². The molecule has 0 saturated carbocycles. The summed E-state index contributed by atoms with van der Waals surface area (Å²) in [6.07, 6.45) is 0. The van der Waals surface area contributed by atoms with Crippen molar-refractivity contribution in [2.45, 2.75) is 6.54 Å². The maximum absolute atomic E-state index is 11.7. The lowest BCUT2D eigenvalue weighted by atomic mass is 10.2. The molecule has 0 fully saturated rings. The van der Waals surface area contributed by atoms with E-state index in [1.54, 1.807) is 29.8 Å². The predicted molar refractivity (Wildman–Crippen MR) is 64.7 cm³/mol. The molecule has 1 aromatic carbocycles. The standard InChI is InChI=1S/C11H9ClN2OS/c12-9-3-1-2-8(4-9)11(15)13-5-10-6-16-7-14-10/h1-4,6-7H,5H2,(H,13,15). The van der Waals surface area contributed by atoms with Crippen LogP contribution >= 0.6 is 22.9 Å². The number of hydrogen-bond acceptors (Lipinski definition) is 3. The van der Waals surface area contributed by atoms with Crippen molar-refractivity contribution in [3.05, 3.63) is 51.4 Å². The fourth-order valence-electron chi connectivity index (χ4n) is 1.23. The molecule has 3 nitrogen and oxygen atoms in total. The number of hydrogen-bond donors (Lipinski definition) is 1. The normalized spacial score (nSPS) is 10.1. The minimum atomic E-state index is -0.143. The molecule has 0 radical (unpaired) electrons. The number of benzene rings is 1. The number of halogens is 1. The minimum absolute atomic E-state index is 0.143. The Bertz CT molecular complexity index is 484. The Balaban J connectivity index is 1.98. The first kappa shape index (κ1) is 11.1. The van der Waals surface area contributed by atoms with Gasteiger partial charge in [0.15, 0.2) is 0 Å². The maximum atomic E-state index is 11.7. The quantitative estimate of drug-likeness (QED) is 0.913. The van der Waals surface area contributed by atoms with Crippen LogP contribution in [0, 0.1) is 0 Å². The lowest BCUT2D eigenvalue weighted by Gasteiger charge is -2.03. The molecule has 0 aliphatic rings. The Kier molecular flexibility index (Phi) is 3.54. The summed E-state index contributed by atoms with van der Waals surface area (Å²) in [5.74, 6) is -0.143. The van der Waals surface area contributed by atoms with Crippen LogP contribution in [0.15, 0.2) is 35.2 Å². The highest BCUT2D eigenvalue weighted by atomic mass is 35.5. The van der Waals surface area contributed by atoms with Crippen LogP contribution in [0.4, 0.5) is 0 Å². The fraction of sp³-hybridized carbons (Fsp3) is 0.0909. The highest BCUT2D eigenvalue weighted by Gasteiger charge is 2.05. The van der Waals surface area contributed by atoms with Crippen molar-refractivity contribution in [2.24, 2.45) is 0 Å². The van der Waals surface area contributed by atoms with Gasteiger partial charge in [-0.15, -0.1) is 11.3 Å². The molecular formula is C11H9ClN2OS. The third-order valence-electron chi connectivity index (χ3n) is 2.00. The molecule has 0 aliphatic carbocycles. The smallest absolute Gasteiger partial charge is 0.251 e. The summed E-state index contributed by atoms with van der Waals surface area (Å²) >= 11 is 7.30. The number of nitrogens with one attached hydrogen (secondary N) is 1. The number of aromatic nitrogens is 1. The molecule has 0 aliphatic heterocycles. The average molecular weight is 253 g/mol. The highest BCUT2D eigenvalue weighted by molar-refractivity contribution is 7.07. The molecule has 16 heavy (non-hydrogen) atoms. The highest BCUT2D eigenvalue weighted by Crippen LogP contribution is 2.10. The van der Waals surface area contributed by atoms with Gasteiger partial charge in [-0.25, -0.2) is 4.98 Å². The van der Waals surface area contributed by atoms with Gasteiger partial charge in [-0.05, 0) is 18.2 Å². The number of amides is 1. The van der Waals surface area contributed by atoms with Crippen molar-refractivity contribution >= 4 is 28.8 Å². The molecule has 1 heterocycles. The molecular weight excluding hydrogens is 244 g/mol. The van der Waals surface area contributed by atoms with Crippen molar-refractivity contribution in [3.63, 3.8) is 0 Å². The van der Waals surface area contributed by atoms with E-state index in [-0.39, 0.29) is 5.91 Å². The molecule has 0 bridgehead atoms. The summed E-state index contributed by atoms with van der Waals surface area (Å²) in [5, 5.41) is 5.23. The summed E-state index contributed by atoms with van der Waals surface area (Å²) in [6, 6.07) is 6.85. The van der Waals surface area contributed by atoms with Gasteiger partial charge < -0.3 is 5.32 Å². The topological polar surface area (TPSA) is 42.0 Å². The van der Waals surface area contributed by atoms with Crippen LogP contribution in [0.2, 0.25) is 5.02 Å². The molecule has 1 amide bonds. The second kappa shape index (κ2) is 5.09. The van der Waals surface area contributed by atoms with Gasteiger partial charge in [0.05, 0.1) is 17.7 Å². The van der Waals surface area contributed by atoms with Crippen LogP contribution in [0.5, 0.6) is 0 Å². The number of nitrogens with zero attached hydrogens (tertiary/aromatic N) is 1. The monoisotopic (exact) mass is 252 g/mol. The Morgan fingerprint density at radius 3 is 3.06 bits per heavy atom. The average Bonchev–Trinajstić information content (AvgIpc) is 2.78. The largest absolute Gasteiger partial charge is 0.346 e. The maximum Gasteiger partial charge on any atom is 0.251 e. The molecule has 0 atom stereocenters. The van der Waals surface area contributed by atoms with Crippen molar-refractivity contribution in [1.29, 1.82) is 0 Å². The Morgan fingerprint density at radius 1 is 1.50 bits per heavy atom. The molecule has 1 aromatic heterocycles. The molecule has 0 saturated heterocycles. The van der Waals surface area contributed by atoms with Gasteiger partial charge >= 0.3 is 0 Å². The van der Waals surface area contributed by atoms with Gasteiger partial charge in [-0.1, -0.05) is 17.7 Å². The summed E-state index contributed by atoms with van der Waals surface area (Å²) < 4.78 is 0. The zero-order valence-corrected chi connectivity index (χ0v) is 9.89. The number of carbonyl (C=O) groups is 1. The van der Waals surface area contributed by atoms with Gasteiger partial charge in [0.2, 0.25) is 0 Å². The third kappa shape index (κ3) is 2.81. The van der Waals surface area contributed by atoms with E-state index in [0.29, 0.717) is 17.1 Å². The first-order valence-corrected chi connectivity index (χ1v) is 5.98. The van der Waals surface area contributed by atoms with E-state index in [1.165, 1.54) is 11.3 Å². The Labute approximate surface area is 102 Å². The lowest BCUT2D eigenvalue weighted by Crippen LogP contribution is -2.22. The van der Waals surface area contributed by atoms with E-state index in [4.69, 9.17) is 11.6 Å². The zero-order valence-electron chi connectivity index (χ0n) is 8.31. The van der Waals surface area contributed by atoms with E-state index in [9.17, 15) is 4.79 Å². The van der Waals surface area contributed by atoms with E-state index >= 15 is 0 Å². The number of rotatable bonds is 3. The van der Waals surface area contributed by atoms with Gasteiger partial charge in [-0.3, -0.25) is 4.79 Å². The zero-order chi connectivity index (χ0) is 11.4. The Morgan fingerprint density at radius 2 is 2.38 bits per heavy atom. The third-order valence-corrected chi connectivity index (χ3v) is 2.87. The van der Waals surface area contributed by atoms with Crippen LogP contribution in [-0.4, -0.2) is 10.9 Å². The molecule has 1 N–H and O–H groups in total. The van der Waals surface area contributed by atoms with Crippen LogP contribution in [0.1, 0.15) is 16.1 Å². The van der Waals surface area contributed by atoms with Crippen LogP contribution in [0.25, 0.3) is 0 Å².